The fourth-order valence-electron chi connectivity index (χ4n) is 3.42. The molecule has 2 N–H and O–H groups in total. The number of ether oxygens (including phenoxy) is 1. The van der Waals surface area contributed by atoms with E-state index in [9.17, 15) is 14.0 Å². The molecule has 1 amide bonds. The second kappa shape index (κ2) is 9.35. The number of benzene rings is 3. The van der Waals surface area contributed by atoms with E-state index >= 15 is 0 Å². The number of carbonyl (C=O) groups excluding carboxylic acids is 1. The van der Waals surface area contributed by atoms with Crippen LogP contribution in [0.4, 0.5) is 4.39 Å². The fraction of sp³-hybridized carbons (Fsp3) is 0.0800. The van der Waals surface area contributed by atoms with Crippen molar-refractivity contribution in [3.05, 3.63) is 117 Å². The summed E-state index contributed by atoms with van der Waals surface area (Å²) in [6, 6.07) is 21.5. The van der Waals surface area contributed by atoms with E-state index in [4.69, 9.17) is 4.74 Å². The second-order valence-corrected chi connectivity index (χ2v) is 7.20. The Labute approximate surface area is 189 Å². The van der Waals surface area contributed by atoms with Crippen molar-refractivity contribution in [2.75, 3.05) is 7.11 Å². The van der Waals surface area contributed by atoms with Crippen LogP contribution in [0.25, 0.3) is 5.69 Å². The van der Waals surface area contributed by atoms with E-state index in [0.717, 1.165) is 0 Å². The molecule has 0 spiro atoms. The molecule has 1 heterocycles. The third-order valence-corrected chi connectivity index (χ3v) is 5.05. The molecule has 0 unspecified atom stereocenters. The third-order valence-electron chi connectivity index (χ3n) is 5.05. The topological polar surface area (TPSA) is 88.5 Å². The summed E-state index contributed by atoms with van der Waals surface area (Å²) >= 11 is 0. The first kappa shape index (κ1) is 21.8. The molecule has 4 rings (SSSR count). The summed E-state index contributed by atoms with van der Waals surface area (Å²) in [6.07, 6.45) is 0. The summed E-state index contributed by atoms with van der Waals surface area (Å²) in [5.74, 6) is -0.592. The van der Waals surface area contributed by atoms with Gasteiger partial charge in [-0.2, -0.15) is 5.10 Å². The summed E-state index contributed by atoms with van der Waals surface area (Å²) in [5, 5.41) is 7.19. The maximum atomic E-state index is 14.7. The van der Waals surface area contributed by atoms with Crippen molar-refractivity contribution in [3.63, 3.8) is 0 Å². The summed E-state index contributed by atoms with van der Waals surface area (Å²) in [4.78, 5) is 26.0. The number of nitrogens with zero attached hydrogens (tertiary/aromatic N) is 2. The van der Waals surface area contributed by atoms with Crippen molar-refractivity contribution in [1.82, 2.24) is 15.2 Å². The van der Waals surface area contributed by atoms with Gasteiger partial charge < -0.3 is 4.74 Å². The van der Waals surface area contributed by atoms with Crippen molar-refractivity contribution < 1.29 is 13.9 Å². The Hall–Kier alpha value is -4.46. The Morgan fingerprint density at radius 1 is 1.03 bits per heavy atom. The van der Waals surface area contributed by atoms with E-state index in [1.807, 2.05) is 6.07 Å². The number of aromatic nitrogens is 2. The lowest BCUT2D eigenvalue weighted by Crippen LogP contribution is -2.26. The van der Waals surface area contributed by atoms with Crippen LogP contribution in [-0.2, 0) is 0 Å². The highest BCUT2D eigenvalue weighted by molar-refractivity contribution is 6.14. The molecule has 8 heteroatoms. The van der Waals surface area contributed by atoms with Crippen molar-refractivity contribution >= 4 is 11.6 Å². The minimum atomic E-state index is -0.571. The molecule has 0 aliphatic heterocycles. The molecule has 1 aromatic heterocycles. The molecule has 166 valence electrons. The number of hydrogen-bond donors (Lipinski definition) is 2. The van der Waals surface area contributed by atoms with Gasteiger partial charge in [0.2, 0.25) is 0 Å². The van der Waals surface area contributed by atoms with Gasteiger partial charge in [0.05, 0.1) is 18.4 Å². The highest BCUT2D eigenvalue weighted by atomic mass is 19.1. The number of methoxy groups -OCH3 is 1. The molecule has 33 heavy (non-hydrogen) atoms. The predicted molar refractivity (Wildman–Crippen MR) is 124 cm³/mol. The van der Waals surface area contributed by atoms with Crippen molar-refractivity contribution in [1.29, 1.82) is 0 Å². The van der Waals surface area contributed by atoms with Crippen LogP contribution in [0.3, 0.4) is 0 Å². The van der Waals surface area contributed by atoms with Crippen LogP contribution in [0, 0.1) is 12.7 Å². The number of amides is 1. The summed E-state index contributed by atoms with van der Waals surface area (Å²) in [6.45, 7) is 1.69. The summed E-state index contributed by atoms with van der Waals surface area (Å²) in [5.41, 5.74) is 3.66. The Kier molecular flexibility index (Phi) is 6.17. The largest absolute Gasteiger partial charge is 0.497 e. The highest BCUT2D eigenvalue weighted by Gasteiger charge is 2.22. The van der Waals surface area contributed by atoms with Crippen LogP contribution in [0.1, 0.15) is 27.2 Å². The van der Waals surface area contributed by atoms with Gasteiger partial charge >= 0.3 is 0 Å². The maximum Gasteiger partial charge on any atom is 0.281 e. The van der Waals surface area contributed by atoms with Crippen LogP contribution in [0.5, 0.6) is 5.75 Å². The molecule has 0 saturated heterocycles. The quantitative estimate of drug-likeness (QED) is 0.350. The molecular formula is C25H21FN4O3. The Morgan fingerprint density at radius 2 is 1.76 bits per heavy atom. The minimum absolute atomic E-state index is 0.0118. The van der Waals surface area contributed by atoms with Crippen LogP contribution >= 0.6 is 0 Å². The average molecular weight is 444 g/mol. The van der Waals surface area contributed by atoms with Crippen LogP contribution in [0.15, 0.2) is 88.8 Å². The molecule has 4 aromatic rings. The van der Waals surface area contributed by atoms with Gasteiger partial charge in [0, 0.05) is 16.8 Å². The Balaban J connectivity index is 1.80. The normalized spacial score (nSPS) is 11.3. The predicted octanol–water partition coefficient (Wildman–Crippen LogP) is 3.80. The smallest absolute Gasteiger partial charge is 0.281 e. The average Bonchev–Trinajstić information content (AvgIpc) is 3.14. The van der Waals surface area contributed by atoms with Crippen LogP contribution in [0.2, 0.25) is 0 Å². The number of para-hydroxylation sites is 1. The Morgan fingerprint density at radius 3 is 2.48 bits per heavy atom. The molecule has 3 aromatic carbocycles. The van der Waals surface area contributed by atoms with Gasteiger partial charge in [-0.25, -0.2) is 14.5 Å². The van der Waals surface area contributed by atoms with Gasteiger partial charge in [-0.3, -0.25) is 14.7 Å². The van der Waals surface area contributed by atoms with E-state index in [0.29, 0.717) is 22.7 Å². The number of rotatable bonds is 6. The number of aryl methyl sites for hydroxylation is 1. The van der Waals surface area contributed by atoms with Gasteiger partial charge in [-0.15, -0.1) is 0 Å². The van der Waals surface area contributed by atoms with Crippen molar-refractivity contribution in [2.45, 2.75) is 6.92 Å². The van der Waals surface area contributed by atoms with E-state index in [1.54, 1.807) is 61.5 Å². The SMILES string of the molecule is COc1cccc(C(=O)NN=C(c2ccccc2F)c2c(C)[nH]n(-c3ccccc3)c2=O)c1. The number of nitrogens with one attached hydrogen (secondary N) is 2. The fourth-order valence-corrected chi connectivity index (χ4v) is 3.42. The van der Waals surface area contributed by atoms with Gasteiger partial charge in [0.1, 0.15) is 17.3 Å². The first-order valence-electron chi connectivity index (χ1n) is 10.1. The lowest BCUT2D eigenvalue weighted by molar-refractivity contribution is 0.0954. The van der Waals surface area contributed by atoms with Gasteiger partial charge in [0.15, 0.2) is 0 Å². The van der Waals surface area contributed by atoms with Gasteiger partial charge in [0.25, 0.3) is 11.5 Å². The number of aromatic amines is 1. The molecule has 0 atom stereocenters. The van der Waals surface area contributed by atoms with Crippen molar-refractivity contribution in [3.8, 4) is 11.4 Å². The van der Waals surface area contributed by atoms with E-state index in [2.05, 4.69) is 15.6 Å². The van der Waals surface area contributed by atoms with Gasteiger partial charge in [-0.05, 0) is 49.4 Å². The van der Waals surface area contributed by atoms with Gasteiger partial charge in [-0.1, -0.05) is 36.4 Å². The van der Waals surface area contributed by atoms with E-state index < -0.39 is 17.3 Å². The maximum absolute atomic E-state index is 14.7. The summed E-state index contributed by atoms with van der Waals surface area (Å²) < 4.78 is 21.2. The molecule has 0 radical (unpaired) electrons. The zero-order valence-electron chi connectivity index (χ0n) is 18.0. The number of hydrogen-bond acceptors (Lipinski definition) is 4. The molecule has 0 saturated carbocycles. The zero-order valence-corrected chi connectivity index (χ0v) is 18.0. The van der Waals surface area contributed by atoms with Crippen LogP contribution < -0.4 is 15.7 Å². The number of carbonyl (C=O) groups is 1. The number of halogens is 1. The molecule has 0 bridgehead atoms. The second-order valence-electron chi connectivity index (χ2n) is 7.20. The molecular weight excluding hydrogens is 423 g/mol. The highest BCUT2D eigenvalue weighted by Crippen LogP contribution is 2.17. The minimum Gasteiger partial charge on any atom is -0.497 e. The van der Waals surface area contributed by atoms with Crippen molar-refractivity contribution in [2.24, 2.45) is 5.10 Å². The molecule has 0 aliphatic rings. The standard InChI is InChI=1S/C25H21FN4O3/c1-16-22(25(32)30(29-16)18-10-4-3-5-11-18)23(20-13-6-7-14-21(20)26)27-28-24(31)17-9-8-12-19(15-17)33-2/h3-15,29H,1-2H3,(H,28,31). The summed E-state index contributed by atoms with van der Waals surface area (Å²) in [7, 11) is 1.50. The van der Waals surface area contributed by atoms with E-state index in [1.165, 1.54) is 30.0 Å². The molecule has 7 nitrogen and oxygen atoms in total. The first-order valence-corrected chi connectivity index (χ1v) is 10.1. The Bertz CT molecular complexity index is 1390. The lowest BCUT2D eigenvalue weighted by Gasteiger charge is -2.08. The third kappa shape index (κ3) is 4.45. The zero-order chi connectivity index (χ0) is 23.4. The molecule has 0 aliphatic carbocycles. The first-order chi connectivity index (χ1) is 16.0. The number of H-pyrrole nitrogens is 1. The molecule has 0 fully saturated rings. The van der Waals surface area contributed by atoms with E-state index in [-0.39, 0.29) is 16.8 Å². The number of hydrazone groups is 1. The van der Waals surface area contributed by atoms with Crippen LogP contribution in [-0.4, -0.2) is 28.5 Å². The monoisotopic (exact) mass is 444 g/mol. The lowest BCUT2D eigenvalue weighted by atomic mass is 10.0.